The molecule has 1 N–H and O–H groups in total. The molecule has 1 saturated heterocycles. The Labute approximate surface area is 156 Å². The highest BCUT2D eigenvalue weighted by Gasteiger charge is 2.27. The number of anilines is 1. The van der Waals surface area contributed by atoms with Gasteiger partial charge in [0.1, 0.15) is 6.54 Å². The van der Waals surface area contributed by atoms with Gasteiger partial charge in [-0.1, -0.05) is 0 Å². The smallest absolute Gasteiger partial charge is 0.246 e. The van der Waals surface area contributed by atoms with E-state index < -0.39 is 0 Å². The van der Waals surface area contributed by atoms with Gasteiger partial charge in [-0.15, -0.1) is 0 Å². The number of carbonyl (C=O) groups excluding carboxylic acids is 1. The summed E-state index contributed by atoms with van der Waals surface area (Å²) in [5.41, 5.74) is 0.856. The lowest BCUT2D eigenvalue weighted by molar-refractivity contribution is -0.120. The van der Waals surface area contributed by atoms with E-state index in [0.29, 0.717) is 19.1 Å². The highest BCUT2D eigenvalue weighted by molar-refractivity contribution is 5.98. The second kappa shape index (κ2) is 9.56. The molecule has 1 aliphatic heterocycles. The molecule has 0 bridgehead atoms. The van der Waals surface area contributed by atoms with E-state index in [4.69, 9.17) is 0 Å². The van der Waals surface area contributed by atoms with E-state index in [1.165, 1.54) is 0 Å². The van der Waals surface area contributed by atoms with Crippen molar-refractivity contribution < 1.29 is 4.79 Å². The molecule has 0 aromatic carbocycles. The molecule has 1 amide bonds. The number of amides is 1. The van der Waals surface area contributed by atoms with E-state index in [-0.39, 0.29) is 5.91 Å². The predicted octanol–water partition coefficient (Wildman–Crippen LogP) is 0.765. The van der Waals surface area contributed by atoms with Crippen LogP contribution in [0.4, 0.5) is 5.69 Å². The molecule has 8 heteroatoms. The number of carbonyl (C=O) groups is 1. The largest absolute Gasteiger partial charge is 0.356 e. The third kappa shape index (κ3) is 5.45. The van der Waals surface area contributed by atoms with Crippen LogP contribution in [0.2, 0.25) is 0 Å². The van der Waals surface area contributed by atoms with Gasteiger partial charge >= 0.3 is 0 Å². The minimum absolute atomic E-state index is 0.0748. The lowest BCUT2D eigenvalue weighted by Gasteiger charge is -2.35. The summed E-state index contributed by atoms with van der Waals surface area (Å²) in [5, 5.41) is 7.54. The fourth-order valence-electron chi connectivity index (χ4n) is 2.95. The molecule has 146 valence electrons. The van der Waals surface area contributed by atoms with Crippen molar-refractivity contribution in [3.8, 4) is 0 Å². The second-order valence-corrected chi connectivity index (χ2v) is 7.09. The number of aromatic nitrogens is 2. The van der Waals surface area contributed by atoms with Crippen LogP contribution in [0.1, 0.15) is 26.7 Å². The minimum atomic E-state index is 0.0748. The van der Waals surface area contributed by atoms with Gasteiger partial charge in [0.05, 0.1) is 11.9 Å². The molecule has 0 spiro atoms. The Morgan fingerprint density at radius 1 is 1.38 bits per heavy atom. The zero-order chi connectivity index (χ0) is 19.1. The number of hydrogen-bond donors (Lipinski definition) is 1. The van der Waals surface area contributed by atoms with Gasteiger partial charge in [-0.2, -0.15) is 5.10 Å². The van der Waals surface area contributed by atoms with Crippen LogP contribution in [0.5, 0.6) is 0 Å². The molecular formula is C18H33N7O. The molecule has 0 radical (unpaired) electrons. The molecule has 0 unspecified atom stereocenters. The Hall–Kier alpha value is -2.09. The fraction of sp³-hybridized carbons (Fsp3) is 0.722. The van der Waals surface area contributed by atoms with E-state index >= 15 is 0 Å². The van der Waals surface area contributed by atoms with Crippen molar-refractivity contribution in [1.29, 1.82) is 0 Å². The quantitative estimate of drug-likeness (QED) is 0.440. The topological polar surface area (TPSA) is 69.0 Å². The number of aryl methyl sites for hydroxylation is 1. The molecule has 2 heterocycles. The van der Waals surface area contributed by atoms with Crippen LogP contribution in [0.15, 0.2) is 17.4 Å². The van der Waals surface area contributed by atoms with Gasteiger partial charge in [-0.25, -0.2) is 0 Å². The van der Waals surface area contributed by atoms with Crippen molar-refractivity contribution in [3.05, 3.63) is 12.4 Å². The number of hydrogen-bond acceptors (Lipinski definition) is 4. The Bertz CT molecular complexity index is 610. The van der Waals surface area contributed by atoms with Crippen molar-refractivity contribution in [2.75, 3.05) is 51.7 Å². The first kappa shape index (κ1) is 20.2. The van der Waals surface area contributed by atoms with Gasteiger partial charge < -0.3 is 20.0 Å². The van der Waals surface area contributed by atoms with Crippen molar-refractivity contribution in [2.24, 2.45) is 12.0 Å². The molecule has 1 aliphatic rings. The van der Waals surface area contributed by atoms with E-state index in [9.17, 15) is 4.79 Å². The number of nitrogens with one attached hydrogen (secondary N) is 1. The number of nitrogens with zero attached hydrogens (tertiary/aromatic N) is 6. The first-order valence-corrected chi connectivity index (χ1v) is 9.37. The lowest BCUT2D eigenvalue weighted by atomic mass is 10.2. The van der Waals surface area contributed by atoms with Crippen molar-refractivity contribution >= 4 is 17.6 Å². The first-order valence-electron chi connectivity index (χ1n) is 9.37. The molecule has 2 rings (SSSR count). The van der Waals surface area contributed by atoms with Crippen LogP contribution in [0.3, 0.4) is 0 Å². The number of aliphatic imine (C=N–C) groups is 1. The van der Waals surface area contributed by atoms with E-state index in [1.54, 1.807) is 22.8 Å². The minimum Gasteiger partial charge on any atom is -0.356 e. The maximum Gasteiger partial charge on any atom is 0.246 e. The summed E-state index contributed by atoms with van der Waals surface area (Å²) < 4.78 is 1.71. The third-order valence-corrected chi connectivity index (χ3v) is 4.84. The fourth-order valence-corrected chi connectivity index (χ4v) is 2.95. The summed E-state index contributed by atoms with van der Waals surface area (Å²) in [7, 11) is 5.78. The molecule has 0 atom stereocenters. The highest BCUT2D eigenvalue weighted by atomic mass is 16.2. The Morgan fingerprint density at radius 3 is 2.73 bits per heavy atom. The van der Waals surface area contributed by atoms with Crippen molar-refractivity contribution in [1.82, 2.24) is 24.9 Å². The van der Waals surface area contributed by atoms with Crippen LogP contribution >= 0.6 is 0 Å². The average Bonchev–Trinajstić information content (AvgIpc) is 3.03. The van der Waals surface area contributed by atoms with Crippen LogP contribution in [-0.4, -0.2) is 84.3 Å². The van der Waals surface area contributed by atoms with Crippen LogP contribution in [0.25, 0.3) is 0 Å². The summed E-state index contributed by atoms with van der Waals surface area (Å²) in [6, 6.07) is 0.581. The molecule has 8 nitrogen and oxygen atoms in total. The molecule has 1 aromatic heterocycles. The highest BCUT2D eigenvalue weighted by Crippen LogP contribution is 2.16. The molecule has 0 saturated carbocycles. The molecule has 0 aliphatic carbocycles. The van der Waals surface area contributed by atoms with Gasteiger partial charge in [0.15, 0.2) is 5.96 Å². The Balaban J connectivity index is 1.76. The number of guanidine groups is 1. The van der Waals surface area contributed by atoms with Crippen LogP contribution in [0, 0.1) is 0 Å². The molecular weight excluding hydrogens is 330 g/mol. The van der Waals surface area contributed by atoms with Gasteiger partial charge in [-0.3, -0.25) is 14.5 Å². The predicted molar refractivity (Wildman–Crippen MR) is 105 cm³/mol. The van der Waals surface area contributed by atoms with Gasteiger partial charge in [0, 0.05) is 46.0 Å². The molecule has 1 aromatic rings. The van der Waals surface area contributed by atoms with E-state index in [0.717, 1.165) is 44.1 Å². The molecule has 26 heavy (non-hydrogen) atoms. The van der Waals surface area contributed by atoms with E-state index in [1.807, 2.05) is 18.1 Å². The van der Waals surface area contributed by atoms with Gasteiger partial charge in [-0.05, 0) is 40.3 Å². The Morgan fingerprint density at radius 2 is 2.15 bits per heavy atom. The van der Waals surface area contributed by atoms with Crippen LogP contribution in [-0.2, 0) is 11.8 Å². The van der Waals surface area contributed by atoms with Crippen LogP contribution < -0.4 is 10.2 Å². The first-order chi connectivity index (χ1) is 12.4. The monoisotopic (exact) mass is 363 g/mol. The maximum absolute atomic E-state index is 12.5. The summed E-state index contributed by atoms with van der Waals surface area (Å²) in [6.45, 7) is 8.13. The SMILES string of the molecule is CN=C(NCCCCN(C)C(C)C)N1CCN(c2cnn(C)c2)C(=O)C1. The molecule has 1 fully saturated rings. The van der Waals surface area contributed by atoms with Gasteiger partial charge in [0.25, 0.3) is 0 Å². The third-order valence-electron chi connectivity index (χ3n) is 4.84. The number of rotatable bonds is 7. The van der Waals surface area contributed by atoms with Crippen molar-refractivity contribution in [2.45, 2.75) is 32.7 Å². The summed E-state index contributed by atoms with van der Waals surface area (Å²) in [6.07, 6.45) is 5.83. The summed E-state index contributed by atoms with van der Waals surface area (Å²) in [5.74, 6) is 0.882. The summed E-state index contributed by atoms with van der Waals surface area (Å²) >= 11 is 0. The second-order valence-electron chi connectivity index (χ2n) is 7.09. The average molecular weight is 364 g/mol. The van der Waals surface area contributed by atoms with Gasteiger partial charge in [0.2, 0.25) is 5.91 Å². The zero-order valence-corrected chi connectivity index (χ0v) is 16.8. The normalized spacial score (nSPS) is 16.1. The summed E-state index contributed by atoms with van der Waals surface area (Å²) in [4.78, 5) is 23.0. The zero-order valence-electron chi connectivity index (χ0n) is 16.8. The number of unbranched alkanes of at least 4 members (excludes halogenated alkanes) is 1. The lowest BCUT2D eigenvalue weighted by Crippen LogP contribution is -2.55. The van der Waals surface area contributed by atoms with Crippen molar-refractivity contribution in [3.63, 3.8) is 0 Å². The Kier molecular flexibility index (Phi) is 7.44. The maximum atomic E-state index is 12.5. The number of piperazine rings is 1. The van der Waals surface area contributed by atoms with E-state index in [2.05, 4.69) is 41.2 Å². The standard InChI is InChI=1S/C18H33N7O/c1-15(2)22(4)9-7-6-8-20-18(19-3)24-10-11-25(17(26)14-24)16-12-21-23(5)13-16/h12-13,15H,6-11,14H2,1-5H3,(H,19,20).